The van der Waals surface area contributed by atoms with Gasteiger partial charge in [0.15, 0.2) is 5.96 Å². The molecule has 0 spiro atoms. The van der Waals surface area contributed by atoms with E-state index in [2.05, 4.69) is 34.1 Å². The summed E-state index contributed by atoms with van der Waals surface area (Å²) in [6.45, 7) is 12.1. The quantitative estimate of drug-likeness (QED) is 0.635. The number of nitrogens with zero attached hydrogens (tertiary/aromatic N) is 5. The van der Waals surface area contributed by atoms with Crippen LogP contribution in [0.1, 0.15) is 38.4 Å². The molecule has 1 N–H and O–H groups in total. The molecule has 0 bridgehead atoms. The van der Waals surface area contributed by atoms with Crippen molar-refractivity contribution in [1.29, 1.82) is 0 Å². The Morgan fingerprint density at radius 1 is 1.38 bits per heavy atom. The Hall–Kier alpha value is -1.60. The lowest BCUT2D eigenvalue weighted by molar-refractivity contribution is -0.00805. The molecule has 2 aliphatic rings. The van der Waals surface area contributed by atoms with Crippen LogP contribution in [0.25, 0.3) is 0 Å². The highest BCUT2D eigenvalue weighted by Crippen LogP contribution is 2.21. The van der Waals surface area contributed by atoms with Gasteiger partial charge in [-0.15, -0.1) is 0 Å². The van der Waals surface area contributed by atoms with E-state index in [0.29, 0.717) is 6.61 Å². The molecule has 2 aliphatic heterocycles. The summed E-state index contributed by atoms with van der Waals surface area (Å²) >= 11 is 0. The first-order valence-corrected chi connectivity index (χ1v) is 10.0. The minimum Gasteiger partial charge on any atom is -0.370 e. The Morgan fingerprint density at radius 3 is 3.00 bits per heavy atom. The van der Waals surface area contributed by atoms with E-state index in [1.165, 1.54) is 25.9 Å². The molecule has 3 rings (SSSR count). The average Bonchev–Trinajstić information content (AvgIpc) is 3.08. The van der Waals surface area contributed by atoms with E-state index in [-0.39, 0.29) is 6.10 Å². The van der Waals surface area contributed by atoms with Crippen LogP contribution < -0.4 is 5.32 Å². The monoisotopic (exact) mass is 362 g/mol. The molecule has 0 aliphatic carbocycles. The summed E-state index contributed by atoms with van der Waals surface area (Å²) in [5.41, 5.74) is 1.13. The van der Waals surface area contributed by atoms with E-state index < -0.39 is 0 Å². The summed E-state index contributed by atoms with van der Waals surface area (Å²) < 4.78 is 7.79. The smallest absolute Gasteiger partial charge is 0.194 e. The minimum atomic E-state index is 0.0595. The zero-order valence-electron chi connectivity index (χ0n) is 16.5. The third kappa shape index (κ3) is 5.20. The van der Waals surface area contributed by atoms with Gasteiger partial charge in [0.05, 0.1) is 25.9 Å². The molecule has 7 nitrogen and oxygen atoms in total. The van der Waals surface area contributed by atoms with Crippen LogP contribution >= 0.6 is 0 Å². The van der Waals surface area contributed by atoms with Crippen LogP contribution in [0, 0.1) is 5.92 Å². The predicted molar refractivity (Wildman–Crippen MR) is 104 cm³/mol. The van der Waals surface area contributed by atoms with E-state index in [1.54, 1.807) is 0 Å². The Balaban J connectivity index is 1.57. The second-order valence-corrected chi connectivity index (χ2v) is 7.54. The van der Waals surface area contributed by atoms with Crippen LogP contribution in [0.2, 0.25) is 0 Å². The first-order valence-electron chi connectivity index (χ1n) is 10.0. The molecule has 0 saturated carbocycles. The Morgan fingerprint density at radius 2 is 2.27 bits per heavy atom. The number of aliphatic imine (C=N–C) groups is 1. The number of ether oxygens (including phenoxy) is 1. The molecule has 2 atom stereocenters. The summed E-state index contributed by atoms with van der Waals surface area (Å²) in [5.74, 6) is 1.83. The Bertz CT molecular complexity index is 586. The summed E-state index contributed by atoms with van der Waals surface area (Å²) in [4.78, 5) is 9.78. The first kappa shape index (κ1) is 19.2. The Labute approximate surface area is 157 Å². The van der Waals surface area contributed by atoms with Crippen molar-refractivity contribution < 1.29 is 4.74 Å². The third-order valence-corrected chi connectivity index (χ3v) is 5.22. The number of guanidine groups is 1. The molecule has 26 heavy (non-hydrogen) atoms. The highest BCUT2D eigenvalue weighted by Gasteiger charge is 2.25. The lowest BCUT2D eigenvalue weighted by Crippen LogP contribution is -2.48. The van der Waals surface area contributed by atoms with Crippen molar-refractivity contribution in [2.45, 2.75) is 32.8 Å². The van der Waals surface area contributed by atoms with E-state index in [1.807, 2.05) is 24.1 Å². The molecule has 3 heterocycles. The second-order valence-electron chi connectivity index (χ2n) is 7.54. The zero-order valence-corrected chi connectivity index (χ0v) is 16.5. The van der Waals surface area contributed by atoms with E-state index in [9.17, 15) is 0 Å². The Kier molecular flexibility index (Phi) is 6.91. The van der Waals surface area contributed by atoms with Crippen LogP contribution in [-0.4, -0.2) is 78.0 Å². The van der Waals surface area contributed by atoms with Gasteiger partial charge in [-0.3, -0.25) is 9.67 Å². The highest BCUT2D eigenvalue weighted by atomic mass is 16.5. The van der Waals surface area contributed by atoms with Gasteiger partial charge in [-0.1, -0.05) is 6.92 Å². The molecule has 2 unspecified atom stereocenters. The van der Waals surface area contributed by atoms with E-state index in [4.69, 9.17) is 9.73 Å². The summed E-state index contributed by atoms with van der Waals surface area (Å²) in [6, 6.07) is 0. The summed E-state index contributed by atoms with van der Waals surface area (Å²) in [7, 11) is 1.94. The van der Waals surface area contributed by atoms with Gasteiger partial charge in [0, 0.05) is 45.0 Å². The molecular weight excluding hydrogens is 328 g/mol. The lowest BCUT2D eigenvalue weighted by Gasteiger charge is -2.35. The van der Waals surface area contributed by atoms with Gasteiger partial charge >= 0.3 is 0 Å². The van der Waals surface area contributed by atoms with Crippen LogP contribution in [0.5, 0.6) is 0 Å². The van der Waals surface area contributed by atoms with Crippen molar-refractivity contribution in [3.8, 4) is 0 Å². The number of hydrogen-bond donors (Lipinski definition) is 1. The number of hydrogen-bond acceptors (Lipinski definition) is 4. The third-order valence-electron chi connectivity index (χ3n) is 5.22. The molecule has 0 radical (unpaired) electrons. The number of likely N-dealkylation sites (tertiary alicyclic amines) is 1. The van der Waals surface area contributed by atoms with Crippen LogP contribution in [0.3, 0.4) is 0 Å². The molecule has 2 saturated heterocycles. The van der Waals surface area contributed by atoms with Crippen molar-refractivity contribution in [2.24, 2.45) is 18.0 Å². The van der Waals surface area contributed by atoms with Gasteiger partial charge in [-0.25, -0.2) is 0 Å². The molecule has 2 fully saturated rings. The van der Waals surface area contributed by atoms with Crippen LogP contribution in [-0.2, 0) is 11.8 Å². The van der Waals surface area contributed by atoms with Crippen molar-refractivity contribution in [3.05, 3.63) is 18.0 Å². The van der Waals surface area contributed by atoms with Crippen LogP contribution in [0.15, 0.2) is 17.4 Å². The number of nitrogens with one attached hydrogen (secondary N) is 1. The second kappa shape index (κ2) is 9.37. The maximum absolute atomic E-state index is 5.96. The van der Waals surface area contributed by atoms with Gasteiger partial charge in [-0.2, -0.15) is 5.10 Å². The van der Waals surface area contributed by atoms with Gasteiger partial charge in [0.1, 0.15) is 6.10 Å². The number of aryl methyl sites for hydroxylation is 1. The molecular formula is C19H34N6O. The molecule has 1 aromatic rings. The number of piperidine rings is 1. The van der Waals surface area contributed by atoms with Crippen molar-refractivity contribution in [1.82, 2.24) is 24.9 Å². The predicted octanol–water partition coefficient (Wildman–Crippen LogP) is 1.49. The fourth-order valence-electron chi connectivity index (χ4n) is 3.86. The normalized spacial score (nSPS) is 25.5. The fraction of sp³-hybridized carbons (Fsp3) is 0.789. The number of rotatable bonds is 5. The first-order chi connectivity index (χ1) is 12.7. The van der Waals surface area contributed by atoms with Gasteiger partial charge < -0.3 is 19.9 Å². The largest absolute Gasteiger partial charge is 0.370 e. The van der Waals surface area contributed by atoms with Gasteiger partial charge in [-0.05, 0) is 32.2 Å². The lowest BCUT2D eigenvalue weighted by atomic mass is 10.0. The van der Waals surface area contributed by atoms with Gasteiger partial charge in [0.2, 0.25) is 0 Å². The molecule has 146 valence electrons. The van der Waals surface area contributed by atoms with E-state index >= 15 is 0 Å². The molecule has 0 aromatic carbocycles. The average molecular weight is 363 g/mol. The summed E-state index contributed by atoms with van der Waals surface area (Å²) in [6.07, 6.45) is 6.68. The number of morpholine rings is 1. The molecule has 0 amide bonds. The van der Waals surface area contributed by atoms with Crippen molar-refractivity contribution in [2.75, 3.05) is 52.4 Å². The van der Waals surface area contributed by atoms with Crippen molar-refractivity contribution >= 4 is 5.96 Å². The summed E-state index contributed by atoms with van der Waals surface area (Å²) in [5, 5.41) is 7.73. The minimum absolute atomic E-state index is 0.0595. The zero-order chi connectivity index (χ0) is 18.4. The molecule has 1 aromatic heterocycles. The maximum atomic E-state index is 5.96. The molecule has 7 heteroatoms. The maximum Gasteiger partial charge on any atom is 0.194 e. The SMILES string of the molecule is CCNC(=NCCN1CCCC(C)C1)N1CCOC(c2cnn(C)c2)C1. The fourth-order valence-corrected chi connectivity index (χ4v) is 3.86. The highest BCUT2D eigenvalue weighted by molar-refractivity contribution is 5.80. The van der Waals surface area contributed by atoms with E-state index in [0.717, 1.165) is 50.2 Å². The van der Waals surface area contributed by atoms with Crippen LogP contribution in [0.4, 0.5) is 0 Å². The standard InChI is InChI=1S/C19H34N6O/c1-4-20-19(21-7-9-24-8-5-6-16(2)13-24)25-10-11-26-18(15-25)17-12-22-23(3)14-17/h12,14,16,18H,4-11,13,15H2,1-3H3,(H,20,21). The van der Waals surface area contributed by atoms with Gasteiger partial charge in [0.25, 0.3) is 0 Å². The topological polar surface area (TPSA) is 57.9 Å². The van der Waals surface area contributed by atoms with Crippen molar-refractivity contribution in [3.63, 3.8) is 0 Å². The number of aromatic nitrogens is 2.